The van der Waals surface area contributed by atoms with Crippen LogP contribution in [-0.4, -0.2) is 5.78 Å². The number of hydrogen-bond donors (Lipinski definition) is 1. The van der Waals surface area contributed by atoms with Crippen LogP contribution in [0.3, 0.4) is 0 Å². The highest BCUT2D eigenvalue weighted by Crippen LogP contribution is 2.00. The quantitative estimate of drug-likeness (QED) is 0.550. The number of nitrogens with zero attached hydrogens (tertiary/aromatic N) is 1. The summed E-state index contributed by atoms with van der Waals surface area (Å²) in [6.45, 7) is 0.274. The van der Waals surface area contributed by atoms with Crippen LogP contribution in [0.1, 0.15) is 10.4 Å². The number of ketones is 1. The molecule has 2 N–H and O–H groups in total. The van der Waals surface area contributed by atoms with Gasteiger partial charge in [-0.1, -0.05) is 36.4 Å². The zero-order valence-corrected chi connectivity index (χ0v) is 10.8. The first-order valence-corrected chi connectivity index (χ1v) is 5.09. The minimum Gasteiger partial charge on any atom is -1.00 e. The molecule has 88 valence electrons. The summed E-state index contributed by atoms with van der Waals surface area (Å²) >= 11 is 0. The highest BCUT2D eigenvalue weighted by molar-refractivity contribution is 5.95. The van der Waals surface area contributed by atoms with Crippen molar-refractivity contribution in [3.8, 4) is 0 Å². The van der Waals surface area contributed by atoms with Crippen molar-refractivity contribution < 1.29 is 26.3 Å². The van der Waals surface area contributed by atoms with Crippen molar-refractivity contribution in [3.63, 3.8) is 0 Å². The Labute approximate surface area is 111 Å². The normalized spacial score (nSPS) is 9.41. The van der Waals surface area contributed by atoms with Gasteiger partial charge in [-0.05, 0) is 6.07 Å². The van der Waals surface area contributed by atoms with E-state index in [1.54, 1.807) is 16.8 Å². The summed E-state index contributed by atoms with van der Waals surface area (Å²) in [4.78, 5) is 11.9. The van der Waals surface area contributed by atoms with E-state index in [2.05, 4.69) is 0 Å². The van der Waals surface area contributed by atoms with E-state index in [9.17, 15) is 4.79 Å². The van der Waals surface area contributed by atoms with E-state index >= 15 is 0 Å². The maximum Gasteiger partial charge on any atom is 0.272 e. The fourth-order valence-electron chi connectivity index (χ4n) is 1.50. The van der Waals surface area contributed by atoms with Crippen LogP contribution < -0.4 is 27.3 Å². The Morgan fingerprint density at radius 3 is 2.35 bits per heavy atom. The predicted molar refractivity (Wildman–Crippen MR) is 61.8 cm³/mol. The molecular weight excluding hydrogens is 280 g/mol. The van der Waals surface area contributed by atoms with Crippen molar-refractivity contribution >= 4 is 11.6 Å². The number of anilines is 1. The van der Waals surface area contributed by atoms with Gasteiger partial charge in [0.2, 0.25) is 5.78 Å². The van der Waals surface area contributed by atoms with Crippen molar-refractivity contribution in [3.05, 3.63) is 60.3 Å². The topological polar surface area (TPSA) is 47.0 Å². The van der Waals surface area contributed by atoms with Gasteiger partial charge in [0, 0.05) is 11.6 Å². The highest BCUT2D eigenvalue weighted by Gasteiger charge is 2.10. The Morgan fingerprint density at radius 1 is 1.06 bits per heavy atom. The molecule has 0 aliphatic rings. The molecule has 0 aliphatic carbocycles. The fourth-order valence-corrected chi connectivity index (χ4v) is 1.50. The second kappa shape index (κ2) is 6.15. The van der Waals surface area contributed by atoms with Crippen LogP contribution in [0.2, 0.25) is 0 Å². The summed E-state index contributed by atoms with van der Waals surface area (Å²) in [6.07, 6.45) is 1.80. The lowest BCUT2D eigenvalue weighted by Gasteiger charge is -2.02. The summed E-state index contributed by atoms with van der Waals surface area (Å²) < 4.78 is 1.73. The number of nitrogens with two attached hydrogens (primary N) is 1. The second-order valence-corrected chi connectivity index (χ2v) is 3.54. The Bertz CT molecular complexity index is 500. The minimum atomic E-state index is 0. The van der Waals surface area contributed by atoms with Gasteiger partial charge in [-0.15, -0.1) is 0 Å². The monoisotopic (exact) mass is 292 g/mol. The number of aromatic nitrogens is 1. The zero-order valence-electron chi connectivity index (χ0n) is 9.21. The molecular formula is C13H13BrN2O. The van der Waals surface area contributed by atoms with Crippen molar-refractivity contribution in [2.45, 2.75) is 6.54 Å². The second-order valence-electron chi connectivity index (χ2n) is 3.54. The van der Waals surface area contributed by atoms with Gasteiger partial charge in [0.15, 0.2) is 6.54 Å². The van der Waals surface area contributed by atoms with Crippen LogP contribution >= 0.6 is 0 Å². The summed E-state index contributed by atoms with van der Waals surface area (Å²) in [5, 5.41) is 0. The van der Waals surface area contributed by atoms with Crippen molar-refractivity contribution in [1.29, 1.82) is 0 Å². The molecule has 0 atom stereocenters. The van der Waals surface area contributed by atoms with E-state index in [1.165, 1.54) is 0 Å². The maximum atomic E-state index is 11.9. The van der Waals surface area contributed by atoms with Crippen molar-refractivity contribution in [1.82, 2.24) is 0 Å². The lowest BCUT2D eigenvalue weighted by molar-refractivity contribution is -0.668. The smallest absolute Gasteiger partial charge is 0.272 e. The molecule has 0 radical (unpaired) electrons. The number of pyridine rings is 1. The molecule has 1 aromatic carbocycles. The number of hydrogen-bond acceptors (Lipinski definition) is 2. The molecule has 3 nitrogen and oxygen atoms in total. The van der Waals surface area contributed by atoms with E-state index in [0.29, 0.717) is 11.4 Å². The van der Waals surface area contributed by atoms with Gasteiger partial charge >= 0.3 is 0 Å². The molecule has 1 aromatic heterocycles. The molecule has 0 fully saturated rings. The number of carbonyl (C=O) groups excluding carboxylic acids is 1. The number of halogens is 1. The average molecular weight is 293 g/mol. The standard InChI is InChI=1S/C13H12N2O.BrH/c14-13-8-4-5-9-15(13)10-12(16)11-6-2-1-3-7-11;/h1-9,14H,10H2;1H. The van der Waals surface area contributed by atoms with E-state index in [1.807, 2.05) is 42.5 Å². The van der Waals surface area contributed by atoms with E-state index in [0.717, 1.165) is 0 Å². The molecule has 1 heterocycles. The van der Waals surface area contributed by atoms with Gasteiger partial charge in [0.1, 0.15) is 0 Å². The molecule has 0 amide bonds. The van der Waals surface area contributed by atoms with Crippen LogP contribution in [0.5, 0.6) is 0 Å². The van der Waals surface area contributed by atoms with E-state index in [-0.39, 0.29) is 29.3 Å². The fraction of sp³-hybridized carbons (Fsp3) is 0.0769. The van der Waals surface area contributed by atoms with Gasteiger partial charge < -0.3 is 17.0 Å². The molecule has 4 heteroatoms. The molecule has 17 heavy (non-hydrogen) atoms. The first-order valence-electron chi connectivity index (χ1n) is 5.09. The third-order valence-corrected chi connectivity index (χ3v) is 2.39. The van der Waals surface area contributed by atoms with Crippen LogP contribution in [0.15, 0.2) is 54.7 Å². The highest BCUT2D eigenvalue weighted by atomic mass is 79.9. The lowest BCUT2D eigenvalue weighted by Crippen LogP contribution is -3.00. The molecule has 0 bridgehead atoms. The van der Waals surface area contributed by atoms with Gasteiger partial charge in [0.25, 0.3) is 5.82 Å². The number of Topliss-reactive ketones (excluding diaryl/α,β-unsaturated/α-hetero) is 1. The van der Waals surface area contributed by atoms with Crippen LogP contribution in [0.25, 0.3) is 0 Å². The lowest BCUT2D eigenvalue weighted by atomic mass is 10.1. The summed E-state index contributed by atoms with van der Waals surface area (Å²) in [7, 11) is 0. The van der Waals surface area contributed by atoms with Crippen molar-refractivity contribution in [2.24, 2.45) is 0 Å². The molecule has 0 saturated carbocycles. The third kappa shape index (κ3) is 3.39. The zero-order chi connectivity index (χ0) is 11.4. The number of carbonyl (C=O) groups is 1. The Kier molecular flexibility index (Phi) is 4.84. The van der Waals surface area contributed by atoms with Gasteiger partial charge in [-0.3, -0.25) is 10.5 Å². The summed E-state index contributed by atoms with van der Waals surface area (Å²) in [5.74, 6) is 0.648. The molecule has 2 rings (SSSR count). The number of nitrogen functional groups attached to an aromatic ring is 1. The first-order chi connectivity index (χ1) is 7.77. The van der Waals surface area contributed by atoms with Gasteiger partial charge in [-0.25, -0.2) is 4.57 Å². The van der Waals surface area contributed by atoms with Crippen molar-refractivity contribution in [2.75, 3.05) is 5.73 Å². The van der Waals surface area contributed by atoms with Crippen LogP contribution in [0, 0.1) is 0 Å². The maximum absolute atomic E-state index is 11.9. The van der Waals surface area contributed by atoms with Gasteiger partial charge in [0.05, 0.1) is 6.20 Å². The average Bonchev–Trinajstić information content (AvgIpc) is 2.33. The SMILES string of the molecule is Nc1cccc[n+]1CC(=O)c1ccccc1.[Br-]. The molecule has 0 spiro atoms. The summed E-state index contributed by atoms with van der Waals surface area (Å²) in [6, 6.07) is 14.7. The van der Waals surface area contributed by atoms with Crippen LogP contribution in [0.4, 0.5) is 5.82 Å². The molecule has 2 aromatic rings. The first kappa shape index (κ1) is 13.4. The van der Waals surface area contributed by atoms with Crippen LogP contribution in [-0.2, 0) is 6.54 Å². The minimum absolute atomic E-state index is 0. The molecule has 0 saturated heterocycles. The molecule has 0 unspecified atom stereocenters. The third-order valence-electron chi connectivity index (χ3n) is 2.39. The Balaban J connectivity index is 0.00000144. The number of benzene rings is 1. The Hall–Kier alpha value is -1.68. The van der Waals surface area contributed by atoms with E-state index in [4.69, 9.17) is 5.73 Å². The van der Waals surface area contributed by atoms with E-state index < -0.39 is 0 Å². The summed E-state index contributed by atoms with van der Waals surface area (Å²) in [5.41, 5.74) is 6.46. The largest absolute Gasteiger partial charge is 1.00 e. The molecule has 0 aliphatic heterocycles. The Morgan fingerprint density at radius 2 is 1.71 bits per heavy atom. The predicted octanol–water partition coefficient (Wildman–Crippen LogP) is -1.56. The number of rotatable bonds is 3. The van der Waals surface area contributed by atoms with Gasteiger partial charge in [-0.2, -0.15) is 0 Å².